The molecule has 0 aliphatic rings. The van der Waals surface area contributed by atoms with E-state index in [1.54, 1.807) is 0 Å². The van der Waals surface area contributed by atoms with Crippen molar-refractivity contribution in [1.82, 2.24) is 0 Å². The zero-order chi connectivity index (χ0) is 18.9. The summed E-state index contributed by atoms with van der Waals surface area (Å²) in [6.07, 6.45) is -6.09. The van der Waals surface area contributed by atoms with Crippen LogP contribution in [0.5, 0.6) is 0 Å². The van der Waals surface area contributed by atoms with Crippen molar-refractivity contribution in [3.8, 4) is 0 Å². The fourth-order valence-corrected chi connectivity index (χ4v) is 3.65. The van der Waals surface area contributed by atoms with Crippen LogP contribution in [0.3, 0.4) is 0 Å². The zero-order valence-corrected chi connectivity index (χ0v) is 14.5. The van der Waals surface area contributed by atoms with Crippen LogP contribution in [-0.4, -0.2) is 37.5 Å². The van der Waals surface area contributed by atoms with E-state index < -0.39 is 36.8 Å². The molecule has 2 unspecified atom stereocenters. The Morgan fingerprint density at radius 1 is 1.00 bits per heavy atom. The lowest BCUT2D eigenvalue weighted by molar-refractivity contribution is -0.441. The van der Waals surface area contributed by atoms with E-state index in [-0.39, 0.29) is 6.42 Å². The Balaban J connectivity index is 6.44. The topological polar surface area (TPSA) is 44.8 Å². The second-order valence-corrected chi connectivity index (χ2v) is 8.34. The molecule has 0 heterocycles. The minimum absolute atomic E-state index is 0.347. The van der Waals surface area contributed by atoms with Gasteiger partial charge in [-0.3, -0.25) is 4.57 Å². The van der Waals surface area contributed by atoms with Crippen molar-refractivity contribution >= 4 is 7.60 Å². The highest BCUT2D eigenvalue weighted by molar-refractivity contribution is 7.55. The van der Waals surface area contributed by atoms with Gasteiger partial charge in [0.25, 0.3) is 5.85 Å². The van der Waals surface area contributed by atoms with Crippen molar-refractivity contribution in [3.05, 3.63) is 0 Å². The maximum Gasteiger partial charge on any atom is 0.525 e. The maximum atomic E-state index is 15.1. The molecule has 11 heteroatoms. The molecule has 0 aromatic heterocycles. The summed E-state index contributed by atoms with van der Waals surface area (Å²) >= 11 is 0. The van der Waals surface area contributed by atoms with Crippen molar-refractivity contribution in [3.63, 3.8) is 0 Å². The minimum Gasteiger partial charge on any atom is -0.311 e. The molecule has 4 nitrogen and oxygen atoms in total. The van der Waals surface area contributed by atoms with Gasteiger partial charge in [0.1, 0.15) is 5.16 Å². The summed E-state index contributed by atoms with van der Waals surface area (Å²) in [7, 11) is -3.22. The second-order valence-electron chi connectivity index (χ2n) is 5.50. The molecule has 140 valence electrons. The lowest BCUT2D eigenvalue weighted by atomic mass is 9.87. The number of hydrogen-bond donors (Lipinski definition) is 0. The van der Waals surface area contributed by atoms with Gasteiger partial charge < -0.3 is 9.05 Å². The number of ether oxygens (including phenoxy) is 1. The van der Waals surface area contributed by atoms with E-state index in [4.69, 9.17) is 0 Å². The van der Waals surface area contributed by atoms with Crippen molar-refractivity contribution in [1.29, 1.82) is 0 Å². The molecule has 0 spiro atoms. The Kier molecular flexibility index (Phi) is 6.80. The Labute approximate surface area is 131 Å². The summed E-state index contributed by atoms with van der Waals surface area (Å²) in [4.78, 5) is 0. The molecule has 0 radical (unpaired) electrons. The average molecular weight is 374 g/mol. The third-order valence-corrected chi connectivity index (χ3v) is 6.49. The quantitative estimate of drug-likeness (QED) is 0.436. The summed E-state index contributed by atoms with van der Waals surface area (Å²) < 4.78 is 106. The van der Waals surface area contributed by atoms with Gasteiger partial charge in [0, 0.05) is 20.1 Å². The third kappa shape index (κ3) is 3.86. The number of hydrogen-bond acceptors (Lipinski definition) is 4. The summed E-state index contributed by atoms with van der Waals surface area (Å²) in [5, 5.41) is -2.97. The first-order chi connectivity index (χ1) is 10.1. The fourth-order valence-electron chi connectivity index (χ4n) is 2.04. The molecule has 0 saturated carbocycles. The molecule has 2 atom stereocenters. The monoisotopic (exact) mass is 374 g/mol. The Hall–Kier alpha value is -0.310. The molecule has 0 rings (SSSR count). The summed E-state index contributed by atoms with van der Waals surface area (Å²) in [5.74, 6) is -11.2. The van der Waals surface area contributed by atoms with E-state index in [0.29, 0.717) is 13.8 Å². The molecule has 0 fully saturated rings. The van der Waals surface area contributed by atoms with Crippen LogP contribution in [0.25, 0.3) is 0 Å². The lowest BCUT2D eigenvalue weighted by Gasteiger charge is -2.47. The normalized spacial score (nSPS) is 18.6. The zero-order valence-electron chi connectivity index (χ0n) is 13.6. The van der Waals surface area contributed by atoms with Crippen molar-refractivity contribution in [2.24, 2.45) is 5.92 Å². The van der Waals surface area contributed by atoms with Gasteiger partial charge in [-0.05, 0) is 20.3 Å². The van der Waals surface area contributed by atoms with Gasteiger partial charge in [-0.2, -0.15) is 8.78 Å². The van der Waals surface area contributed by atoms with Crippen molar-refractivity contribution < 1.29 is 44.7 Å². The molecule has 0 bridgehead atoms. The number of alkyl halides is 6. The Morgan fingerprint density at radius 3 is 1.65 bits per heavy atom. The highest BCUT2D eigenvalue weighted by Gasteiger charge is 2.75. The lowest BCUT2D eigenvalue weighted by Crippen LogP contribution is -2.64. The highest BCUT2D eigenvalue weighted by Crippen LogP contribution is 2.68. The van der Waals surface area contributed by atoms with Gasteiger partial charge in [-0.15, -0.1) is 13.2 Å². The Morgan fingerprint density at radius 2 is 1.39 bits per heavy atom. The van der Waals surface area contributed by atoms with Gasteiger partial charge in [0.15, 0.2) is 0 Å². The third-order valence-electron chi connectivity index (χ3n) is 3.87. The van der Waals surface area contributed by atoms with Gasteiger partial charge in [-0.25, -0.2) is 9.13 Å². The van der Waals surface area contributed by atoms with Gasteiger partial charge in [0.05, 0.1) is 0 Å². The van der Waals surface area contributed by atoms with Crippen molar-refractivity contribution in [2.45, 2.75) is 57.4 Å². The average Bonchev–Trinajstić information content (AvgIpc) is 2.42. The fraction of sp³-hybridized carbons (Fsp3) is 1.00. The molecule has 0 saturated heterocycles. The maximum absolute atomic E-state index is 15.1. The first-order valence-electron chi connectivity index (χ1n) is 6.61. The van der Waals surface area contributed by atoms with E-state index in [1.165, 1.54) is 6.92 Å². The van der Waals surface area contributed by atoms with Gasteiger partial charge in [-0.1, -0.05) is 13.8 Å². The van der Waals surface area contributed by atoms with Crippen LogP contribution in [0, 0.1) is 5.92 Å². The van der Waals surface area contributed by atoms with Crippen LogP contribution in [0.2, 0.25) is 0 Å². The highest BCUT2D eigenvalue weighted by atomic mass is 31.2. The van der Waals surface area contributed by atoms with E-state index >= 15 is 4.39 Å². The number of rotatable bonds is 8. The van der Waals surface area contributed by atoms with Crippen LogP contribution in [0.15, 0.2) is 0 Å². The van der Waals surface area contributed by atoms with Crippen LogP contribution in [-0.2, 0) is 18.3 Å². The van der Waals surface area contributed by atoms with Crippen LogP contribution in [0.4, 0.5) is 26.3 Å². The molecule has 23 heavy (non-hydrogen) atoms. The summed E-state index contributed by atoms with van der Waals surface area (Å²) in [6, 6.07) is 0. The van der Waals surface area contributed by atoms with Gasteiger partial charge >= 0.3 is 19.9 Å². The van der Waals surface area contributed by atoms with E-state index in [0.717, 1.165) is 21.1 Å². The van der Waals surface area contributed by atoms with Crippen LogP contribution < -0.4 is 0 Å². The number of halogens is 6. The second kappa shape index (κ2) is 6.90. The van der Waals surface area contributed by atoms with Crippen LogP contribution >= 0.6 is 7.60 Å². The summed E-state index contributed by atoms with van der Waals surface area (Å²) in [5.41, 5.74) is 0. The molecule has 0 aromatic rings. The van der Waals surface area contributed by atoms with Gasteiger partial charge in [0.2, 0.25) is 0 Å². The molecular formula is C12H21F6O4P. The SMILES string of the molecule is CCC(C)C(F)(F)C(F)(OC(F)(F)F)C(C)(C)P(=O)(OC)OC. The standard InChI is InChI=1S/C12H21F6O4P/c1-7-8(2)10(13,14)11(15,22-12(16,17)18)9(3,4)23(19,20-5)21-6/h8H,7H2,1-6H3. The van der Waals surface area contributed by atoms with E-state index in [2.05, 4.69) is 13.8 Å². The largest absolute Gasteiger partial charge is 0.525 e. The predicted molar refractivity (Wildman–Crippen MR) is 71.1 cm³/mol. The smallest absolute Gasteiger partial charge is 0.311 e. The molecule has 0 N–H and O–H groups in total. The molecular weight excluding hydrogens is 353 g/mol. The summed E-state index contributed by atoms with van der Waals surface area (Å²) in [6.45, 7) is 3.24. The van der Waals surface area contributed by atoms with Crippen molar-refractivity contribution in [2.75, 3.05) is 14.2 Å². The minimum atomic E-state index is -5.74. The molecule has 0 aliphatic heterocycles. The first kappa shape index (κ1) is 22.7. The van der Waals surface area contributed by atoms with E-state index in [1.807, 2.05) is 0 Å². The molecule has 0 aromatic carbocycles. The molecule has 0 aliphatic carbocycles. The van der Waals surface area contributed by atoms with Crippen LogP contribution in [0.1, 0.15) is 34.1 Å². The predicted octanol–water partition coefficient (Wildman–Crippen LogP) is 5.13. The molecule has 0 amide bonds. The van der Waals surface area contributed by atoms with E-state index in [9.17, 15) is 26.5 Å². The first-order valence-corrected chi connectivity index (χ1v) is 8.15. The Bertz CT molecular complexity index is 445.